The van der Waals surface area contributed by atoms with Crippen molar-refractivity contribution in [2.75, 3.05) is 7.11 Å². The Morgan fingerprint density at radius 3 is 2.61 bits per heavy atom. The molecule has 0 bridgehead atoms. The van der Waals surface area contributed by atoms with Crippen molar-refractivity contribution in [3.8, 4) is 0 Å². The van der Waals surface area contributed by atoms with Gasteiger partial charge in [0, 0.05) is 24.9 Å². The van der Waals surface area contributed by atoms with Gasteiger partial charge in [-0.3, -0.25) is 4.79 Å². The molecule has 0 aromatic carbocycles. The fraction of sp³-hybridized carbons (Fsp3) is 0.842. The molecule has 3 saturated carbocycles. The number of hydrogen-bond donors (Lipinski definition) is 2. The zero-order valence-electron chi connectivity index (χ0n) is 14.3. The summed E-state index contributed by atoms with van der Waals surface area (Å²) in [5, 5.41) is 20.9. The van der Waals surface area contributed by atoms with Crippen LogP contribution < -0.4 is 0 Å². The molecule has 3 fully saturated rings. The van der Waals surface area contributed by atoms with Crippen LogP contribution in [0.15, 0.2) is 12.2 Å². The van der Waals surface area contributed by atoms with E-state index in [0.717, 1.165) is 12.8 Å². The van der Waals surface area contributed by atoms with Gasteiger partial charge in [0.1, 0.15) is 5.60 Å². The summed E-state index contributed by atoms with van der Waals surface area (Å²) >= 11 is 0. The summed E-state index contributed by atoms with van der Waals surface area (Å²) in [6.07, 6.45) is 9.96. The van der Waals surface area contributed by atoms with Gasteiger partial charge in [0.15, 0.2) is 5.78 Å². The summed E-state index contributed by atoms with van der Waals surface area (Å²) in [4.78, 5) is 12.3. The van der Waals surface area contributed by atoms with Gasteiger partial charge in [-0.2, -0.15) is 0 Å². The van der Waals surface area contributed by atoms with Crippen LogP contribution in [0.5, 0.6) is 0 Å². The van der Waals surface area contributed by atoms with Crippen molar-refractivity contribution in [1.82, 2.24) is 0 Å². The summed E-state index contributed by atoms with van der Waals surface area (Å²) < 4.78 is 5.61. The van der Waals surface area contributed by atoms with Crippen LogP contribution >= 0.6 is 0 Å². The fourth-order valence-electron chi connectivity index (χ4n) is 5.21. The topological polar surface area (TPSA) is 66.8 Å². The zero-order chi connectivity index (χ0) is 16.6. The van der Waals surface area contributed by atoms with Crippen LogP contribution in [-0.4, -0.2) is 40.9 Å². The predicted molar refractivity (Wildman–Crippen MR) is 87.9 cm³/mol. The number of carbonyl (C=O) groups excluding carboxylic acids is 1. The molecule has 0 amide bonds. The third kappa shape index (κ3) is 2.79. The number of methoxy groups -OCH3 is 1. The van der Waals surface area contributed by atoms with E-state index in [4.69, 9.17) is 4.74 Å². The van der Waals surface area contributed by atoms with Crippen LogP contribution in [0.4, 0.5) is 0 Å². The van der Waals surface area contributed by atoms with E-state index in [2.05, 4.69) is 0 Å². The number of hydrogen-bond acceptors (Lipinski definition) is 4. The predicted octanol–water partition coefficient (Wildman–Crippen LogP) is 2.47. The lowest BCUT2D eigenvalue weighted by Gasteiger charge is -2.57. The van der Waals surface area contributed by atoms with E-state index in [-0.39, 0.29) is 23.5 Å². The minimum Gasteiger partial charge on any atom is -0.393 e. The summed E-state index contributed by atoms with van der Waals surface area (Å²) in [7, 11) is 1.60. The SMILES string of the molecule is COC12CCC(O)C(C=CC(O)C3CCCCC3)C1C(C)C2=O. The molecule has 130 valence electrons. The van der Waals surface area contributed by atoms with E-state index in [1.54, 1.807) is 7.11 Å². The van der Waals surface area contributed by atoms with Crippen LogP contribution in [-0.2, 0) is 9.53 Å². The van der Waals surface area contributed by atoms with Crippen LogP contribution in [0, 0.1) is 23.7 Å². The largest absolute Gasteiger partial charge is 0.393 e. The first kappa shape index (κ1) is 17.1. The highest BCUT2D eigenvalue weighted by molar-refractivity contribution is 5.96. The first-order valence-corrected chi connectivity index (χ1v) is 9.15. The monoisotopic (exact) mass is 322 g/mol. The molecule has 0 aromatic rings. The molecular formula is C19H30O4. The zero-order valence-corrected chi connectivity index (χ0v) is 14.3. The van der Waals surface area contributed by atoms with Gasteiger partial charge in [0.05, 0.1) is 12.2 Å². The lowest BCUT2D eigenvalue weighted by Crippen LogP contribution is -2.69. The number of rotatable bonds is 4. The third-order valence-electron chi connectivity index (χ3n) is 6.61. The van der Waals surface area contributed by atoms with Gasteiger partial charge in [-0.1, -0.05) is 38.3 Å². The molecule has 4 heteroatoms. The summed E-state index contributed by atoms with van der Waals surface area (Å²) in [6.45, 7) is 1.93. The normalized spacial score (nSPS) is 43.2. The van der Waals surface area contributed by atoms with Crippen molar-refractivity contribution in [3.63, 3.8) is 0 Å². The average Bonchev–Trinajstić information content (AvgIpc) is 2.60. The lowest BCUT2D eigenvalue weighted by molar-refractivity contribution is -0.206. The fourth-order valence-corrected chi connectivity index (χ4v) is 5.21. The minimum atomic E-state index is -0.705. The Labute approximate surface area is 138 Å². The van der Waals surface area contributed by atoms with Crippen LogP contribution in [0.1, 0.15) is 51.9 Å². The second kappa shape index (κ2) is 6.66. The quantitative estimate of drug-likeness (QED) is 0.780. The maximum absolute atomic E-state index is 12.3. The molecule has 3 aliphatic carbocycles. The Morgan fingerprint density at radius 1 is 1.26 bits per heavy atom. The summed E-state index contributed by atoms with van der Waals surface area (Å²) in [5.41, 5.74) is -0.705. The maximum Gasteiger partial charge on any atom is 0.168 e. The summed E-state index contributed by atoms with van der Waals surface area (Å²) in [6, 6.07) is 0. The highest BCUT2D eigenvalue weighted by atomic mass is 16.5. The van der Waals surface area contributed by atoms with E-state index in [1.165, 1.54) is 19.3 Å². The molecule has 4 nitrogen and oxygen atoms in total. The van der Waals surface area contributed by atoms with Gasteiger partial charge < -0.3 is 14.9 Å². The van der Waals surface area contributed by atoms with Crippen molar-refractivity contribution < 1.29 is 19.7 Å². The lowest BCUT2D eigenvalue weighted by atomic mass is 9.50. The number of Topliss-reactive ketones (excluding diaryl/α,β-unsaturated/α-hetero) is 1. The summed E-state index contributed by atoms with van der Waals surface area (Å²) in [5.74, 6) is 0.357. The maximum atomic E-state index is 12.3. The molecule has 6 unspecified atom stereocenters. The molecule has 6 atom stereocenters. The molecular weight excluding hydrogens is 292 g/mol. The second-order valence-electron chi connectivity index (χ2n) is 7.73. The standard InChI is InChI=1S/C19H30O4/c1-12-17-14(8-9-15(20)13-6-4-3-5-7-13)16(21)10-11-19(17,23-2)18(12)22/h8-9,12-17,20-21H,3-7,10-11H2,1-2H3. The Balaban J connectivity index is 1.72. The Bertz CT molecular complexity index is 468. The van der Waals surface area contributed by atoms with Crippen molar-refractivity contribution in [3.05, 3.63) is 12.2 Å². The highest BCUT2D eigenvalue weighted by Gasteiger charge is 2.65. The molecule has 23 heavy (non-hydrogen) atoms. The molecule has 0 aromatic heterocycles. The van der Waals surface area contributed by atoms with E-state index in [1.807, 2.05) is 19.1 Å². The number of carbonyl (C=O) groups is 1. The molecule has 3 rings (SSSR count). The number of fused-ring (bicyclic) bond motifs is 1. The number of ketones is 1. The van der Waals surface area contributed by atoms with E-state index in [0.29, 0.717) is 18.8 Å². The molecule has 0 spiro atoms. The van der Waals surface area contributed by atoms with E-state index < -0.39 is 17.8 Å². The Kier molecular flexibility index (Phi) is 4.96. The third-order valence-corrected chi connectivity index (χ3v) is 6.61. The smallest absolute Gasteiger partial charge is 0.168 e. The Hall–Kier alpha value is -0.710. The van der Waals surface area contributed by atoms with Crippen LogP contribution in [0.3, 0.4) is 0 Å². The molecule has 2 N–H and O–H groups in total. The van der Waals surface area contributed by atoms with E-state index in [9.17, 15) is 15.0 Å². The first-order valence-electron chi connectivity index (χ1n) is 9.15. The van der Waals surface area contributed by atoms with Crippen molar-refractivity contribution in [2.45, 2.75) is 69.7 Å². The van der Waals surface area contributed by atoms with Crippen LogP contribution in [0.2, 0.25) is 0 Å². The molecule has 3 aliphatic rings. The van der Waals surface area contributed by atoms with Gasteiger partial charge in [-0.15, -0.1) is 0 Å². The van der Waals surface area contributed by atoms with E-state index >= 15 is 0 Å². The molecule has 0 radical (unpaired) electrons. The van der Waals surface area contributed by atoms with Crippen molar-refractivity contribution >= 4 is 5.78 Å². The number of ether oxygens (including phenoxy) is 1. The number of aliphatic hydroxyl groups is 2. The van der Waals surface area contributed by atoms with Crippen molar-refractivity contribution in [2.24, 2.45) is 23.7 Å². The van der Waals surface area contributed by atoms with Gasteiger partial charge in [-0.25, -0.2) is 0 Å². The van der Waals surface area contributed by atoms with Gasteiger partial charge in [-0.05, 0) is 31.6 Å². The van der Waals surface area contributed by atoms with Gasteiger partial charge in [0.25, 0.3) is 0 Å². The van der Waals surface area contributed by atoms with Gasteiger partial charge >= 0.3 is 0 Å². The molecule has 0 heterocycles. The molecule has 0 saturated heterocycles. The average molecular weight is 322 g/mol. The Morgan fingerprint density at radius 2 is 1.96 bits per heavy atom. The minimum absolute atomic E-state index is 0.0264. The number of aliphatic hydroxyl groups excluding tert-OH is 2. The highest BCUT2D eigenvalue weighted by Crippen LogP contribution is 2.54. The first-order chi connectivity index (χ1) is 11.0. The van der Waals surface area contributed by atoms with Gasteiger partial charge in [0.2, 0.25) is 0 Å². The van der Waals surface area contributed by atoms with Crippen molar-refractivity contribution in [1.29, 1.82) is 0 Å². The van der Waals surface area contributed by atoms with Crippen LogP contribution in [0.25, 0.3) is 0 Å². The second-order valence-corrected chi connectivity index (χ2v) is 7.73. The molecule has 0 aliphatic heterocycles.